The smallest absolute Gasteiger partial charge is 0.321 e. The highest BCUT2D eigenvalue weighted by atomic mass is 79.9. The summed E-state index contributed by atoms with van der Waals surface area (Å²) in [6, 6.07) is 14.8. The Balaban J connectivity index is 1.70. The Hall–Kier alpha value is -3.85. The van der Waals surface area contributed by atoms with Crippen molar-refractivity contribution in [3.05, 3.63) is 103 Å². The third-order valence-corrected chi connectivity index (χ3v) is 5.60. The number of rotatable bonds is 4. The van der Waals surface area contributed by atoms with Crippen LogP contribution < -0.4 is 16.6 Å². The standard InChI is InChI=1S/C23H17BrN4O4/c1-27-20-18(22(31)28(2)23(27)32)11-15(12-25-20)26-21(30)17-6-4-3-5-16(17)19(29)13-7-9-14(24)10-8-13/h3-12H,1-2H3,(H,26,30). The zero-order chi connectivity index (χ0) is 23.0. The van der Waals surface area contributed by atoms with Crippen molar-refractivity contribution in [3.63, 3.8) is 0 Å². The van der Waals surface area contributed by atoms with E-state index in [0.717, 1.165) is 9.04 Å². The van der Waals surface area contributed by atoms with E-state index in [0.29, 0.717) is 5.56 Å². The van der Waals surface area contributed by atoms with Crippen LogP contribution in [0.15, 0.2) is 74.9 Å². The average Bonchev–Trinajstić information content (AvgIpc) is 2.81. The second-order valence-corrected chi connectivity index (χ2v) is 8.05. The maximum Gasteiger partial charge on any atom is 0.332 e. The Kier molecular flexibility index (Phi) is 5.58. The van der Waals surface area contributed by atoms with Crippen LogP contribution in [0.5, 0.6) is 0 Å². The van der Waals surface area contributed by atoms with Crippen molar-refractivity contribution < 1.29 is 9.59 Å². The van der Waals surface area contributed by atoms with E-state index in [9.17, 15) is 19.2 Å². The minimum absolute atomic E-state index is 0.187. The van der Waals surface area contributed by atoms with Crippen LogP contribution in [0.2, 0.25) is 0 Å². The molecule has 4 rings (SSSR count). The summed E-state index contributed by atoms with van der Waals surface area (Å²) in [5.74, 6) is -0.808. The fraction of sp³-hybridized carbons (Fsp3) is 0.0870. The Morgan fingerprint density at radius 1 is 0.938 bits per heavy atom. The van der Waals surface area contributed by atoms with Gasteiger partial charge >= 0.3 is 5.69 Å². The summed E-state index contributed by atoms with van der Waals surface area (Å²) in [5.41, 5.74) is 0.356. The number of amides is 1. The Bertz CT molecular complexity index is 1500. The summed E-state index contributed by atoms with van der Waals surface area (Å²) < 4.78 is 3.07. The number of aromatic nitrogens is 3. The molecule has 0 saturated carbocycles. The van der Waals surface area contributed by atoms with Crippen LogP contribution in [-0.4, -0.2) is 25.8 Å². The first-order valence-electron chi connectivity index (χ1n) is 9.54. The number of carbonyl (C=O) groups is 2. The van der Waals surface area contributed by atoms with Crippen LogP contribution in [0.1, 0.15) is 26.3 Å². The zero-order valence-corrected chi connectivity index (χ0v) is 18.7. The van der Waals surface area contributed by atoms with Crippen molar-refractivity contribution in [2.75, 3.05) is 5.32 Å². The molecule has 0 radical (unpaired) electrons. The van der Waals surface area contributed by atoms with Crippen LogP contribution >= 0.6 is 15.9 Å². The number of carbonyl (C=O) groups excluding carboxylic acids is 2. The lowest BCUT2D eigenvalue weighted by atomic mass is 9.98. The second kappa shape index (κ2) is 8.35. The molecule has 0 aliphatic carbocycles. The minimum atomic E-state index is -0.520. The van der Waals surface area contributed by atoms with E-state index < -0.39 is 17.2 Å². The predicted octanol–water partition coefficient (Wildman–Crippen LogP) is 2.88. The number of benzene rings is 2. The van der Waals surface area contributed by atoms with Gasteiger partial charge in [-0.2, -0.15) is 0 Å². The van der Waals surface area contributed by atoms with Gasteiger partial charge in [-0.1, -0.05) is 34.1 Å². The number of halogens is 1. The fourth-order valence-electron chi connectivity index (χ4n) is 3.37. The van der Waals surface area contributed by atoms with Gasteiger partial charge in [0.15, 0.2) is 5.78 Å². The van der Waals surface area contributed by atoms with Crippen molar-refractivity contribution in [2.24, 2.45) is 14.1 Å². The Labute approximate surface area is 190 Å². The number of fused-ring (bicyclic) bond motifs is 1. The second-order valence-electron chi connectivity index (χ2n) is 7.14. The lowest BCUT2D eigenvalue weighted by Crippen LogP contribution is -2.37. The van der Waals surface area contributed by atoms with Gasteiger partial charge in [0.05, 0.1) is 22.8 Å². The van der Waals surface area contributed by atoms with E-state index in [1.807, 2.05) is 0 Å². The van der Waals surface area contributed by atoms with Crippen molar-refractivity contribution in [3.8, 4) is 0 Å². The number of ketones is 1. The van der Waals surface area contributed by atoms with Crippen LogP contribution in [0.4, 0.5) is 5.69 Å². The molecule has 0 bridgehead atoms. The first-order chi connectivity index (χ1) is 15.3. The molecule has 160 valence electrons. The van der Waals surface area contributed by atoms with E-state index in [-0.39, 0.29) is 33.6 Å². The Morgan fingerprint density at radius 3 is 2.28 bits per heavy atom. The van der Waals surface area contributed by atoms with Gasteiger partial charge in [-0.15, -0.1) is 0 Å². The van der Waals surface area contributed by atoms with E-state index in [1.165, 1.54) is 30.9 Å². The highest BCUT2D eigenvalue weighted by Gasteiger charge is 2.19. The Morgan fingerprint density at radius 2 is 1.59 bits per heavy atom. The van der Waals surface area contributed by atoms with Crippen LogP contribution in [0.3, 0.4) is 0 Å². The van der Waals surface area contributed by atoms with Crippen LogP contribution in [0, 0.1) is 0 Å². The van der Waals surface area contributed by atoms with Gasteiger partial charge in [-0.3, -0.25) is 23.5 Å². The molecule has 0 atom stereocenters. The third-order valence-electron chi connectivity index (χ3n) is 5.07. The van der Waals surface area contributed by atoms with Gasteiger partial charge in [-0.05, 0) is 36.4 Å². The quantitative estimate of drug-likeness (QED) is 0.441. The maximum absolute atomic E-state index is 13.0. The van der Waals surface area contributed by atoms with Gasteiger partial charge in [0.1, 0.15) is 5.65 Å². The normalized spacial score (nSPS) is 10.8. The fourth-order valence-corrected chi connectivity index (χ4v) is 3.63. The van der Waals surface area contributed by atoms with E-state index in [4.69, 9.17) is 0 Å². The summed E-state index contributed by atoms with van der Waals surface area (Å²) >= 11 is 3.34. The monoisotopic (exact) mass is 492 g/mol. The van der Waals surface area contributed by atoms with Crippen LogP contribution in [0.25, 0.3) is 11.0 Å². The molecule has 2 aromatic heterocycles. The minimum Gasteiger partial charge on any atom is -0.321 e. The number of hydrogen-bond donors (Lipinski definition) is 1. The summed E-state index contributed by atoms with van der Waals surface area (Å²) in [6.45, 7) is 0. The number of nitrogens with one attached hydrogen (secondary N) is 1. The number of aryl methyl sites for hydroxylation is 1. The van der Waals surface area contributed by atoms with Crippen molar-refractivity contribution in [1.29, 1.82) is 0 Å². The molecule has 1 amide bonds. The maximum atomic E-state index is 13.0. The molecule has 0 saturated heterocycles. The first kappa shape index (κ1) is 21.4. The van der Waals surface area contributed by atoms with Gasteiger partial charge in [0.25, 0.3) is 11.5 Å². The largest absolute Gasteiger partial charge is 0.332 e. The summed E-state index contributed by atoms with van der Waals surface area (Å²) in [6.07, 6.45) is 1.36. The molecule has 0 fully saturated rings. The molecular weight excluding hydrogens is 476 g/mol. The van der Waals surface area contributed by atoms with E-state index in [1.54, 1.807) is 48.5 Å². The van der Waals surface area contributed by atoms with E-state index in [2.05, 4.69) is 26.2 Å². The topological polar surface area (TPSA) is 103 Å². The molecule has 4 aromatic rings. The van der Waals surface area contributed by atoms with E-state index >= 15 is 0 Å². The number of pyridine rings is 1. The van der Waals surface area contributed by atoms with Crippen molar-refractivity contribution in [2.45, 2.75) is 0 Å². The highest BCUT2D eigenvalue weighted by Crippen LogP contribution is 2.19. The van der Waals surface area contributed by atoms with Crippen molar-refractivity contribution in [1.82, 2.24) is 14.1 Å². The molecular formula is C23H17BrN4O4. The van der Waals surface area contributed by atoms with Gasteiger partial charge in [0, 0.05) is 29.7 Å². The van der Waals surface area contributed by atoms with Crippen molar-refractivity contribution >= 4 is 44.3 Å². The number of anilines is 1. The molecule has 2 heterocycles. The molecule has 0 aliphatic rings. The average molecular weight is 493 g/mol. The number of nitrogens with zero attached hydrogens (tertiary/aromatic N) is 3. The molecule has 9 heteroatoms. The predicted molar refractivity (Wildman–Crippen MR) is 124 cm³/mol. The third kappa shape index (κ3) is 3.78. The highest BCUT2D eigenvalue weighted by molar-refractivity contribution is 9.10. The lowest BCUT2D eigenvalue weighted by molar-refractivity contribution is 0.0996. The summed E-state index contributed by atoms with van der Waals surface area (Å²) in [5, 5.41) is 2.88. The zero-order valence-electron chi connectivity index (χ0n) is 17.1. The molecule has 8 nitrogen and oxygen atoms in total. The molecule has 0 unspecified atom stereocenters. The SMILES string of the molecule is Cn1c(=O)c2cc(NC(=O)c3ccccc3C(=O)c3ccc(Br)cc3)cnc2n(C)c1=O. The van der Waals surface area contributed by atoms with Gasteiger partial charge in [0.2, 0.25) is 0 Å². The summed E-state index contributed by atoms with van der Waals surface area (Å²) in [4.78, 5) is 54.7. The lowest BCUT2D eigenvalue weighted by Gasteiger charge is -2.11. The van der Waals surface area contributed by atoms with Gasteiger partial charge in [-0.25, -0.2) is 9.78 Å². The summed E-state index contributed by atoms with van der Waals surface area (Å²) in [7, 11) is 2.89. The van der Waals surface area contributed by atoms with Gasteiger partial charge < -0.3 is 5.32 Å². The molecule has 32 heavy (non-hydrogen) atoms. The molecule has 0 aliphatic heterocycles. The first-order valence-corrected chi connectivity index (χ1v) is 10.3. The number of hydrogen-bond acceptors (Lipinski definition) is 5. The molecule has 1 N–H and O–H groups in total. The van der Waals surface area contributed by atoms with Crippen LogP contribution in [-0.2, 0) is 14.1 Å². The molecule has 0 spiro atoms. The molecule has 2 aromatic carbocycles.